The van der Waals surface area contributed by atoms with Crippen LogP contribution in [0.2, 0.25) is 0 Å². The number of nitrogens with one attached hydrogen (secondary N) is 2. The van der Waals surface area contributed by atoms with Crippen molar-refractivity contribution in [1.82, 2.24) is 20.8 Å². The van der Waals surface area contributed by atoms with Crippen LogP contribution in [-0.4, -0.2) is 35.3 Å². The molecule has 0 aliphatic heterocycles. The first-order valence-corrected chi connectivity index (χ1v) is 4.70. The highest BCUT2D eigenvalue weighted by atomic mass is 19.4. The Kier molecular flexibility index (Phi) is 4.44. The number of amides is 1. The van der Waals surface area contributed by atoms with Crippen molar-refractivity contribution in [2.24, 2.45) is 0 Å². The number of carbonyl (C=O) groups excluding carboxylic acids is 1. The summed E-state index contributed by atoms with van der Waals surface area (Å²) in [4.78, 5) is 14.9. The molecule has 0 bridgehead atoms. The van der Waals surface area contributed by atoms with Gasteiger partial charge in [-0.15, -0.1) is 0 Å². The Bertz CT molecular complexity index is 377. The molecule has 17 heavy (non-hydrogen) atoms. The third-order valence-corrected chi connectivity index (χ3v) is 1.62. The van der Waals surface area contributed by atoms with Gasteiger partial charge in [-0.1, -0.05) is 5.16 Å². The molecule has 6 nitrogen and oxygen atoms in total. The molecule has 1 aromatic rings. The number of hydrogen-bond donors (Lipinski definition) is 2. The quantitative estimate of drug-likeness (QED) is 0.779. The number of halogens is 3. The minimum Gasteiger partial charge on any atom is -0.346 e. The van der Waals surface area contributed by atoms with Crippen LogP contribution in [0.1, 0.15) is 11.7 Å². The molecule has 2 N–H and O–H groups in total. The fourth-order valence-electron chi connectivity index (χ4n) is 0.966. The fraction of sp³-hybridized carbons (Fsp3) is 0.625. The number of carbonyl (C=O) groups is 1. The first-order valence-electron chi connectivity index (χ1n) is 4.70. The lowest BCUT2D eigenvalue weighted by atomic mass is 10.5. The van der Waals surface area contributed by atoms with Crippen LogP contribution < -0.4 is 10.6 Å². The van der Waals surface area contributed by atoms with Crippen LogP contribution in [0.5, 0.6) is 0 Å². The minimum absolute atomic E-state index is 0.00658. The van der Waals surface area contributed by atoms with E-state index in [1.807, 2.05) is 5.32 Å². The Balaban J connectivity index is 2.18. The Morgan fingerprint density at radius 1 is 1.47 bits per heavy atom. The summed E-state index contributed by atoms with van der Waals surface area (Å²) in [7, 11) is 0. The van der Waals surface area contributed by atoms with Crippen LogP contribution in [0.25, 0.3) is 0 Å². The Morgan fingerprint density at radius 3 is 2.71 bits per heavy atom. The summed E-state index contributed by atoms with van der Waals surface area (Å²) in [5.41, 5.74) is 0. The van der Waals surface area contributed by atoms with E-state index in [9.17, 15) is 18.0 Å². The van der Waals surface area contributed by atoms with Crippen LogP contribution in [0, 0.1) is 6.92 Å². The van der Waals surface area contributed by atoms with Gasteiger partial charge < -0.3 is 15.2 Å². The van der Waals surface area contributed by atoms with Crippen molar-refractivity contribution >= 4 is 5.91 Å². The summed E-state index contributed by atoms with van der Waals surface area (Å²) in [5.74, 6) is 0.0428. The summed E-state index contributed by atoms with van der Waals surface area (Å²) >= 11 is 0. The van der Waals surface area contributed by atoms with E-state index in [2.05, 4.69) is 15.5 Å². The maximum Gasteiger partial charge on any atom is 0.401 e. The first kappa shape index (κ1) is 13.4. The molecular weight excluding hydrogens is 241 g/mol. The largest absolute Gasteiger partial charge is 0.401 e. The number of alkyl halides is 3. The number of aromatic nitrogens is 2. The highest BCUT2D eigenvalue weighted by molar-refractivity contribution is 5.77. The van der Waals surface area contributed by atoms with Crippen LogP contribution in [-0.2, 0) is 11.3 Å². The predicted molar refractivity (Wildman–Crippen MR) is 49.8 cm³/mol. The molecule has 0 unspecified atom stereocenters. The summed E-state index contributed by atoms with van der Waals surface area (Å²) in [5, 5.41) is 7.78. The van der Waals surface area contributed by atoms with Gasteiger partial charge in [0.15, 0.2) is 5.82 Å². The zero-order chi connectivity index (χ0) is 12.9. The maximum atomic E-state index is 11.7. The van der Waals surface area contributed by atoms with Crippen LogP contribution in [0.3, 0.4) is 0 Å². The van der Waals surface area contributed by atoms with Crippen molar-refractivity contribution in [2.45, 2.75) is 19.6 Å². The van der Waals surface area contributed by atoms with Crippen molar-refractivity contribution in [3.05, 3.63) is 11.7 Å². The molecule has 0 saturated heterocycles. The second-order valence-electron chi connectivity index (χ2n) is 3.23. The van der Waals surface area contributed by atoms with E-state index >= 15 is 0 Å². The fourth-order valence-corrected chi connectivity index (χ4v) is 0.966. The Hall–Kier alpha value is -1.64. The van der Waals surface area contributed by atoms with Gasteiger partial charge in [-0.05, 0) is 6.92 Å². The topological polar surface area (TPSA) is 80.0 Å². The molecule has 1 aromatic heterocycles. The van der Waals surface area contributed by atoms with Crippen LogP contribution >= 0.6 is 0 Å². The third-order valence-electron chi connectivity index (χ3n) is 1.62. The average Bonchev–Trinajstić information content (AvgIpc) is 2.59. The van der Waals surface area contributed by atoms with Crippen molar-refractivity contribution in [3.63, 3.8) is 0 Å². The highest BCUT2D eigenvalue weighted by Gasteiger charge is 2.26. The van der Waals surface area contributed by atoms with Gasteiger partial charge >= 0.3 is 6.18 Å². The van der Waals surface area contributed by atoms with Gasteiger partial charge in [0.1, 0.15) is 0 Å². The maximum absolute atomic E-state index is 11.7. The third kappa shape index (κ3) is 5.85. The predicted octanol–water partition coefficient (Wildman–Crippen LogP) is 0.146. The number of aryl methyl sites for hydroxylation is 1. The van der Waals surface area contributed by atoms with E-state index in [4.69, 9.17) is 4.52 Å². The van der Waals surface area contributed by atoms with E-state index < -0.39 is 25.2 Å². The number of rotatable bonds is 5. The van der Waals surface area contributed by atoms with Gasteiger partial charge in [0, 0.05) is 0 Å². The molecule has 0 saturated carbocycles. The van der Waals surface area contributed by atoms with E-state index in [0.717, 1.165) is 0 Å². The molecule has 0 radical (unpaired) electrons. The molecular formula is C8H11F3N4O2. The molecule has 0 aromatic carbocycles. The molecule has 1 rings (SSSR count). The molecule has 0 aliphatic carbocycles. The van der Waals surface area contributed by atoms with Gasteiger partial charge in [0.2, 0.25) is 11.8 Å². The molecule has 1 heterocycles. The number of nitrogens with zero attached hydrogens (tertiary/aromatic N) is 2. The van der Waals surface area contributed by atoms with Gasteiger partial charge in [-0.3, -0.25) is 4.79 Å². The molecule has 0 fully saturated rings. The molecule has 0 spiro atoms. The van der Waals surface area contributed by atoms with E-state index in [0.29, 0.717) is 5.82 Å². The monoisotopic (exact) mass is 252 g/mol. The number of hydrogen-bond acceptors (Lipinski definition) is 5. The average molecular weight is 252 g/mol. The standard InChI is InChI=1S/C8H11F3N4O2/c1-5-14-7(17-15-5)3-13-6(16)2-12-4-8(9,10)11/h12H,2-4H2,1H3,(H,13,16). The summed E-state index contributed by atoms with van der Waals surface area (Å²) in [6.45, 7) is -0.0280. The van der Waals surface area contributed by atoms with Gasteiger partial charge in [-0.25, -0.2) is 0 Å². The molecule has 96 valence electrons. The molecule has 0 aliphatic rings. The first-order chi connectivity index (χ1) is 7.87. The van der Waals surface area contributed by atoms with E-state index in [1.165, 1.54) is 0 Å². The Morgan fingerprint density at radius 2 is 2.18 bits per heavy atom. The lowest BCUT2D eigenvalue weighted by Crippen LogP contribution is -2.38. The van der Waals surface area contributed by atoms with E-state index in [-0.39, 0.29) is 12.4 Å². The smallest absolute Gasteiger partial charge is 0.346 e. The second kappa shape index (κ2) is 5.62. The lowest BCUT2D eigenvalue weighted by molar-refractivity contribution is -0.128. The SMILES string of the molecule is Cc1noc(CNC(=O)CNCC(F)(F)F)n1. The van der Waals surface area contributed by atoms with Crippen molar-refractivity contribution in [2.75, 3.05) is 13.1 Å². The zero-order valence-corrected chi connectivity index (χ0v) is 8.97. The van der Waals surface area contributed by atoms with Crippen molar-refractivity contribution < 1.29 is 22.5 Å². The molecule has 0 atom stereocenters. The van der Waals surface area contributed by atoms with Crippen molar-refractivity contribution in [3.8, 4) is 0 Å². The highest BCUT2D eigenvalue weighted by Crippen LogP contribution is 2.11. The zero-order valence-electron chi connectivity index (χ0n) is 8.97. The summed E-state index contributed by atoms with van der Waals surface area (Å²) < 4.78 is 39.9. The van der Waals surface area contributed by atoms with Gasteiger partial charge in [-0.2, -0.15) is 18.2 Å². The van der Waals surface area contributed by atoms with Crippen LogP contribution in [0.15, 0.2) is 4.52 Å². The van der Waals surface area contributed by atoms with Crippen LogP contribution in [0.4, 0.5) is 13.2 Å². The second-order valence-corrected chi connectivity index (χ2v) is 3.23. The Labute approximate surface area is 94.6 Å². The molecule has 9 heteroatoms. The normalized spacial score (nSPS) is 11.5. The minimum atomic E-state index is -4.33. The van der Waals surface area contributed by atoms with Crippen molar-refractivity contribution in [1.29, 1.82) is 0 Å². The summed E-state index contributed by atoms with van der Waals surface area (Å²) in [6.07, 6.45) is -4.33. The molecule has 1 amide bonds. The van der Waals surface area contributed by atoms with E-state index in [1.54, 1.807) is 6.92 Å². The summed E-state index contributed by atoms with van der Waals surface area (Å²) in [6, 6.07) is 0. The lowest BCUT2D eigenvalue weighted by Gasteiger charge is -2.07. The van der Waals surface area contributed by atoms with Gasteiger partial charge in [0.25, 0.3) is 0 Å². The van der Waals surface area contributed by atoms with Gasteiger partial charge in [0.05, 0.1) is 19.6 Å².